The molecule has 3 rings (SSSR count). The second-order valence-corrected chi connectivity index (χ2v) is 9.50. The number of hydrogen-bond acceptors (Lipinski definition) is 4. The lowest BCUT2D eigenvalue weighted by atomic mass is 10.1. The smallest absolute Gasteiger partial charge is 0.243 e. The second kappa shape index (κ2) is 9.47. The minimum absolute atomic E-state index is 0.243. The largest absolute Gasteiger partial charge is 0.372 e. The van der Waals surface area contributed by atoms with Gasteiger partial charge in [-0.2, -0.15) is 0 Å². The summed E-state index contributed by atoms with van der Waals surface area (Å²) < 4.78 is 38.8. The van der Waals surface area contributed by atoms with Crippen LogP contribution in [0.2, 0.25) is 0 Å². The van der Waals surface area contributed by atoms with Crippen LogP contribution in [0.1, 0.15) is 31.7 Å². The van der Waals surface area contributed by atoms with Gasteiger partial charge in [0.1, 0.15) is 11.9 Å². The van der Waals surface area contributed by atoms with Crippen LogP contribution in [0.3, 0.4) is 0 Å². The summed E-state index contributed by atoms with van der Waals surface area (Å²) in [6.45, 7) is 3.94. The molecule has 0 aliphatic carbocycles. The van der Waals surface area contributed by atoms with Crippen molar-refractivity contribution in [2.45, 2.75) is 38.8 Å². The van der Waals surface area contributed by atoms with Gasteiger partial charge in [0.15, 0.2) is 0 Å². The molecule has 2 aromatic rings. The fraction of sp³-hybridized carbons (Fsp3) is 0.409. The standard InChI is InChI=1S/C22H28FN3O3S/c1-17(26(30(2,28)29)21-12-8-19(23)9-13-21)22(27)24-16-18-6-10-20(11-7-18)25-14-4-3-5-15-25/h6-13,17H,3-5,14-16H2,1-2H3,(H,24,27)/t17-/m0/s1. The van der Waals surface area contributed by atoms with E-state index >= 15 is 0 Å². The Morgan fingerprint density at radius 3 is 2.23 bits per heavy atom. The Morgan fingerprint density at radius 1 is 1.07 bits per heavy atom. The van der Waals surface area contributed by atoms with Crippen molar-refractivity contribution >= 4 is 27.3 Å². The third-order valence-electron chi connectivity index (χ3n) is 5.29. The van der Waals surface area contributed by atoms with Crippen LogP contribution < -0.4 is 14.5 Å². The third kappa shape index (κ3) is 5.50. The van der Waals surface area contributed by atoms with E-state index in [-0.39, 0.29) is 5.69 Å². The molecule has 0 spiro atoms. The molecule has 1 aliphatic rings. The van der Waals surface area contributed by atoms with E-state index in [9.17, 15) is 17.6 Å². The molecule has 30 heavy (non-hydrogen) atoms. The molecule has 2 aromatic carbocycles. The predicted molar refractivity (Wildman–Crippen MR) is 118 cm³/mol. The summed E-state index contributed by atoms with van der Waals surface area (Å²) in [4.78, 5) is 15.0. The molecule has 1 saturated heterocycles. The molecule has 0 saturated carbocycles. The van der Waals surface area contributed by atoms with Crippen molar-refractivity contribution in [3.63, 3.8) is 0 Å². The van der Waals surface area contributed by atoms with Crippen molar-refractivity contribution in [2.24, 2.45) is 0 Å². The molecule has 1 atom stereocenters. The minimum Gasteiger partial charge on any atom is -0.372 e. The SMILES string of the molecule is C[C@@H](C(=O)NCc1ccc(N2CCCCC2)cc1)N(c1ccc(F)cc1)S(C)(=O)=O. The molecule has 0 bridgehead atoms. The van der Waals surface area contributed by atoms with Crippen molar-refractivity contribution in [1.29, 1.82) is 0 Å². The van der Waals surface area contributed by atoms with Gasteiger partial charge in [0.05, 0.1) is 11.9 Å². The van der Waals surface area contributed by atoms with Gasteiger partial charge >= 0.3 is 0 Å². The summed E-state index contributed by atoms with van der Waals surface area (Å²) in [6.07, 6.45) is 4.72. The average molecular weight is 434 g/mol. The van der Waals surface area contributed by atoms with Gasteiger partial charge in [-0.25, -0.2) is 12.8 Å². The van der Waals surface area contributed by atoms with Gasteiger partial charge in [0.25, 0.3) is 0 Å². The van der Waals surface area contributed by atoms with Crippen LogP contribution in [0.15, 0.2) is 48.5 Å². The highest BCUT2D eigenvalue weighted by atomic mass is 32.2. The molecule has 162 valence electrons. The maximum atomic E-state index is 13.2. The lowest BCUT2D eigenvalue weighted by Gasteiger charge is -2.29. The summed E-state index contributed by atoms with van der Waals surface area (Å²) >= 11 is 0. The van der Waals surface area contributed by atoms with Crippen LogP contribution in [0, 0.1) is 5.82 Å². The van der Waals surface area contributed by atoms with E-state index in [1.54, 1.807) is 0 Å². The Labute approximate surface area is 177 Å². The first kappa shape index (κ1) is 22.1. The highest BCUT2D eigenvalue weighted by Gasteiger charge is 2.29. The van der Waals surface area contributed by atoms with Gasteiger partial charge in [-0.1, -0.05) is 12.1 Å². The number of piperidine rings is 1. The van der Waals surface area contributed by atoms with Crippen LogP contribution in [0.5, 0.6) is 0 Å². The van der Waals surface area contributed by atoms with Gasteiger partial charge in [0.2, 0.25) is 15.9 Å². The zero-order valence-electron chi connectivity index (χ0n) is 17.3. The van der Waals surface area contributed by atoms with E-state index in [0.29, 0.717) is 6.54 Å². The Hall–Kier alpha value is -2.61. The Kier molecular flexibility index (Phi) is 6.97. The van der Waals surface area contributed by atoms with Gasteiger partial charge < -0.3 is 10.2 Å². The zero-order valence-corrected chi connectivity index (χ0v) is 18.2. The number of carbonyl (C=O) groups excluding carboxylic acids is 1. The van der Waals surface area contributed by atoms with E-state index in [4.69, 9.17) is 0 Å². The molecule has 1 fully saturated rings. The van der Waals surface area contributed by atoms with E-state index in [1.165, 1.54) is 56.1 Å². The van der Waals surface area contributed by atoms with Crippen molar-refractivity contribution in [3.05, 3.63) is 59.9 Å². The molecule has 1 amide bonds. The van der Waals surface area contributed by atoms with Crippen LogP contribution >= 0.6 is 0 Å². The molecular formula is C22H28FN3O3S. The fourth-order valence-corrected chi connectivity index (χ4v) is 4.89. The van der Waals surface area contributed by atoms with Crippen LogP contribution in [-0.2, 0) is 21.4 Å². The van der Waals surface area contributed by atoms with E-state index in [1.807, 2.05) is 12.1 Å². The van der Waals surface area contributed by atoms with E-state index in [0.717, 1.165) is 29.2 Å². The summed E-state index contributed by atoms with van der Waals surface area (Å²) in [5.41, 5.74) is 2.36. The third-order valence-corrected chi connectivity index (χ3v) is 6.54. The quantitative estimate of drug-likeness (QED) is 0.728. The molecular weight excluding hydrogens is 405 g/mol. The van der Waals surface area contributed by atoms with Crippen LogP contribution in [-0.4, -0.2) is 39.7 Å². The lowest BCUT2D eigenvalue weighted by molar-refractivity contribution is -0.122. The molecule has 0 unspecified atom stereocenters. The number of nitrogens with one attached hydrogen (secondary N) is 1. The number of sulfonamides is 1. The average Bonchev–Trinajstić information content (AvgIpc) is 2.73. The second-order valence-electron chi connectivity index (χ2n) is 7.64. The van der Waals surface area contributed by atoms with Crippen molar-refractivity contribution in [2.75, 3.05) is 28.6 Å². The number of halogens is 1. The molecule has 8 heteroatoms. The molecule has 6 nitrogen and oxygen atoms in total. The molecule has 1 heterocycles. The number of amides is 1. The van der Waals surface area contributed by atoms with Crippen molar-refractivity contribution in [1.82, 2.24) is 5.32 Å². The number of hydrogen-bond donors (Lipinski definition) is 1. The first-order valence-corrected chi connectivity index (χ1v) is 12.0. The first-order valence-electron chi connectivity index (χ1n) is 10.1. The van der Waals surface area contributed by atoms with E-state index in [2.05, 4.69) is 22.3 Å². The highest BCUT2D eigenvalue weighted by Crippen LogP contribution is 2.22. The number of nitrogens with zero attached hydrogens (tertiary/aromatic N) is 2. The van der Waals surface area contributed by atoms with Crippen LogP contribution in [0.25, 0.3) is 0 Å². The van der Waals surface area contributed by atoms with Crippen LogP contribution in [0.4, 0.5) is 15.8 Å². The predicted octanol–water partition coefficient (Wildman–Crippen LogP) is 3.29. The molecule has 1 N–H and O–H groups in total. The molecule has 0 radical (unpaired) electrons. The summed E-state index contributed by atoms with van der Waals surface area (Å²) in [6, 6.07) is 12.1. The lowest BCUT2D eigenvalue weighted by Crippen LogP contribution is -2.47. The normalized spacial score (nSPS) is 15.5. The number of benzene rings is 2. The highest BCUT2D eigenvalue weighted by molar-refractivity contribution is 7.92. The first-order chi connectivity index (χ1) is 14.3. The van der Waals surface area contributed by atoms with Crippen molar-refractivity contribution in [3.8, 4) is 0 Å². The monoisotopic (exact) mass is 433 g/mol. The Bertz CT molecular complexity index is 956. The molecule has 0 aromatic heterocycles. The number of anilines is 2. The van der Waals surface area contributed by atoms with Gasteiger partial charge in [-0.3, -0.25) is 9.10 Å². The zero-order chi connectivity index (χ0) is 21.7. The maximum Gasteiger partial charge on any atom is 0.243 e. The fourth-order valence-electron chi connectivity index (χ4n) is 3.71. The Balaban J connectivity index is 1.64. The summed E-state index contributed by atoms with van der Waals surface area (Å²) in [5.74, 6) is -0.901. The van der Waals surface area contributed by atoms with Gasteiger partial charge in [0, 0.05) is 25.3 Å². The van der Waals surface area contributed by atoms with E-state index < -0.39 is 27.8 Å². The number of rotatable bonds is 7. The van der Waals surface area contributed by atoms with Gasteiger partial charge in [-0.15, -0.1) is 0 Å². The number of carbonyl (C=O) groups is 1. The minimum atomic E-state index is -3.73. The molecule has 1 aliphatic heterocycles. The Morgan fingerprint density at radius 2 is 1.67 bits per heavy atom. The van der Waals surface area contributed by atoms with Gasteiger partial charge in [-0.05, 0) is 68.1 Å². The summed E-state index contributed by atoms with van der Waals surface area (Å²) in [7, 11) is -3.73. The van der Waals surface area contributed by atoms with Crippen molar-refractivity contribution < 1.29 is 17.6 Å². The summed E-state index contributed by atoms with van der Waals surface area (Å²) in [5, 5.41) is 2.80. The maximum absolute atomic E-state index is 13.2. The topological polar surface area (TPSA) is 69.7 Å².